The Bertz CT molecular complexity index is 475. The lowest BCUT2D eigenvalue weighted by Crippen LogP contribution is -2.62. The third-order valence-corrected chi connectivity index (χ3v) is 3.59. The van der Waals surface area contributed by atoms with Crippen molar-refractivity contribution in [3.8, 4) is 0 Å². The molecule has 2 rings (SSSR count). The minimum atomic E-state index is -0.463. The molecule has 1 fully saturated rings. The number of hydrogen-bond donors (Lipinski definition) is 1. The maximum Gasteiger partial charge on any atom is 0.246 e. The molecule has 3 atom stereocenters. The molecule has 0 radical (unpaired) electrons. The van der Waals surface area contributed by atoms with E-state index in [1.807, 2.05) is 26.0 Å². The van der Waals surface area contributed by atoms with E-state index in [-0.39, 0.29) is 17.9 Å². The largest absolute Gasteiger partial charge is 0.343 e. The lowest BCUT2D eigenvalue weighted by Gasteiger charge is -2.41. The van der Waals surface area contributed by atoms with Crippen LogP contribution >= 0.6 is 0 Å². The topological polar surface area (TPSA) is 62.3 Å². The van der Waals surface area contributed by atoms with Gasteiger partial charge in [-0.2, -0.15) is 0 Å². The number of amides is 2. The number of rotatable bonds is 3. The van der Waals surface area contributed by atoms with Crippen LogP contribution in [0.15, 0.2) is 24.5 Å². The summed E-state index contributed by atoms with van der Waals surface area (Å²) in [6, 6.07) is 2.74. The summed E-state index contributed by atoms with van der Waals surface area (Å²) >= 11 is 0. The summed E-state index contributed by atoms with van der Waals surface area (Å²) in [5, 5.41) is 2.72. The first-order valence-corrected chi connectivity index (χ1v) is 6.58. The number of carbonyl (C=O) groups is 2. The molecular formula is C14H19N3O2. The number of nitrogens with zero attached hydrogens (tertiary/aromatic N) is 2. The van der Waals surface area contributed by atoms with Gasteiger partial charge in [0.1, 0.15) is 12.1 Å². The van der Waals surface area contributed by atoms with Gasteiger partial charge in [0.2, 0.25) is 11.8 Å². The van der Waals surface area contributed by atoms with Gasteiger partial charge in [0.15, 0.2) is 0 Å². The highest BCUT2D eigenvalue weighted by atomic mass is 16.2. The predicted molar refractivity (Wildman–Crippen MR) is 71.2 cm³/mol. The fourth-order valence-electron chi connectivity index (χ4n) is 2.50. The summed E-state index contributed by atoms with van der Waals surface area (Å²) in [5.41, 5.74) is 0.941. The van der Waals surface area contributed by atoms with E-state index in [0.29, 0.717) is 6.42 Å². The summed E-state index contributed by atoms with van der Waals surface area (Å²) in [5.74, 6) is -0.117. The second-order valence-corrected chi connectivity index (χ2v) is 4.86. The third-order valence-electron chi connectivity index (χ3n) is 3.59. The van der Waals surface area contributed by atoms with Crippen molar-refractivity contribution < 1.29 is 9.59 Å². The highest BCUT2D eigenvalue weighted by Gasteiger charge is 2.40. The molecule has 1 aliphatic heterocycles. The minimum Gasteiger partial charge on any atom is -0.343 e. The lowest BCUT2D eigenvalue weighted by atomic mass is 10.00. The van der Waals surface area contributed by atoms with E-state index in [1.165, 1.54) is 0 Å². The first kappa shape index (κ1) is 13.5. The molecule has 5 nitrogen and oxygen atoms in total. The zero-order valence-corrected chi connectivity index (χ0v) is 11.5. The van der Waals surface area contributed by atoms with Crippen molar-refractivity contribution in [2.75, 3.05) is 0 Å². The van der Waals surface area contributed by atoms with Gasteiger partial charge >= 0.3 is 0 Å². The Hall–Kier alpha value is -1.91. The van der Waals surface area contributed by atoms with Gasteiger partial charge in [0, 0.05) is 12.4 Å². The Morgan fingerprint density at radius 3 is 2.79 bits per heavy atom. The predicted octanol–water partition coefficient (Wildman–Crippen LogP) is 1.27. The van der Waals surface area contributed by atoms with Crippen molar-refractivity contribution in [3.05, 3.63) is 30.1 Å². The standard InChI is InChI=1S/C14H19N3O2/c1-4-12-13(18)16-9(2)14(19)17(12)10(3)11-6-5-7-15-8-11/h5-10,12H,4H2,1-3H3,(H,16,18). The second kappa shape index (κ2) is 5.38. The minimum absolute atomic E-state index is 0.0391. The highest BCUT2D eigenvalue weighted by molar-refractivity contribution is 5.96. The molecule has 1 N–H and O–H groups in total. The average molecular weight is 261 g/mol. The molecule has 0 aliphatic carbocycles. The van der Waals surface area contributed by atoms with Gasteiger partial charge in [-0.25, -0.2) is 0 Å². The normalized spacial score (nSPS) is 25.1. The Labute approximate surface area is 113 Å². The number of piperazine rings is 1. The third kappa shape index (κ3) is 2.45. The van der Waals surface area contributed by atoms with Crippen LogP contribution in [0.25, 0.3) is 0 Å². The van der Waals surface area contributed by atoms with Gasteiger partial charge in [-0.15, -0.1) is 0 Å². The first-order valence-electron chi connectivity index (χ1n) is 6.58. The Kier molecular flexibility index (Phi) is 3.83. The fraction of sp³-hybridized carbons (Fsp3) is 0.500. The first-order chi connectivity index (χ1) is 9.06. The van der Waals surface area contributed by atoms with Crippen LogP contribution in [0.3, 0.4) is 0 Å². The van der Waals surface area contributed by atoms with E-state index < -0.39 is 12.1 Å². The smallest absolute Gasteiger partial charge is 0.246 e. The van der Waals surface area contributed by atoms with E-state index in [0.717, 1.165) is 5.56 Å². The molecule has 0 saturated carbocycles. The number of hydrogen-bond acceptors (Lipinski definition) is 3. The fourth-order valence-corrected chi connectivity index (χ4v) is 2.50. The number of nitrogens with one attached hydrogen (secondary N) is 1. The summed E-state index contributed by atoms with van der Waals surface area (Å²) in [6.45, 7) is 5.56. The van der Waals surface area contributed by atoms with Crippen LogP contribution in [0, 0.1) is 0 Å². The van der Waals surface area contributed by atoms with Crippen molar-refractivity contribution >= 4 is 11.8 Å². The van der Waals surface area contributed by atoms with Crippen LogP contribution in [-0.2, 0) is 9.59 Å². The monoisotopic (exact) mass is 261 g/mol. The van der Waals surface area contributed by atoms with E-state index in [4.69, 9.17) is 0 Å². The van der Waals surface area contributed by atoms with Crippen LogP contribution in [0.4, 0.5) is 0 Å². The molecule has 1 aromatic heterocycles. The molecular weight excluding hydrogens is 242 g/mol. The van der Waals surface area contributed by atoms with Gasteiger partial charge in [-0.3, -0.25) is 14.6 Å². The van der Waals surface area contributed by atoms with E-state index >= 15 is 0 Å². The lowest BCUT2D eigenvalue weighted by molar-refractivity contribution is -0.151. The number of pyridine rings is 1. The van der Waals surface area contributed by atoms with Crippen molar-refractivity contribution in [2.45, 2.75) is 45.3 Å². The number of carbonyl (C=O) groups excluding carboxylic acids is 2. The van der Waals surface area contributed by atoms with Crippen LogP contribution < -0.4 is 5.32 Å². The molecule has 1 saturated heterocycles. The molecule has 2 heterocycles. The molecule has 2 amide bonds. The molecule has 0 aromatic carbocycles. The SMILES string of the molecule is CCC1C(=O)NC(C)C(=O)N1C(C)c1cccnc1. The summed E-state index contributed by atoms with van der Waals surface area (Å²) in [7, 11) is 0. The molecule has 3 unspecified atom stereocenters. The van der Waals surface area contributed by atoms with Crippen molar-refractivity contribution in [1.29, 1.82) is 0 Å². The van der Waals surface area contributed by atoms with Crippen LogP contribution in [0.1, 0.15) is 38.8 Å². The zero-order valence-electron chi connectivity index (χ0n) is 11.5. The zero-order chi connectivity index (χ0) is 14.0. The molecule has 0 bridgehead atoms. The Morgan fingerprint density at radius 2 is 2.21 bits per heavy atom. The second-order valence-electron chi connectivity index (χ2n) is 4.86. The average Bonchev–Trinajstić information content (AvgIpc) is 2.42. The van der Waals surface area contributed by atoms with Crippen molar-refractivity contribution in [1.82, 2.24) is 15.2 Å². The van der Waals surface area contributed by atoms with Crippen molar-refractivity contribution in [2.24, 2.45) is 0 Å². The van der Waals surface area contributed by atoms with E-state index in [1.54, 1.807) is 24.2 Å². The molecule has 1 aliphatic rings. The van der Waals surface area contributed by atoms with Gasteiger partial charge in [-0.05, 0) is 31.9 Å². The maximum absolute atomic E-state index is 12.3. The summed E-state index contributed by atoms with van der Waals surface area (Å²) < 4.78 is 0. The van der Waals surface area contributed by atoms with Crippen LogP contribution in [-0.4, -0.2) is 33.8 Å². The van der Waals surface area contributed by atoms with E-state index in [9.17, 15) is 9.59 Å². The molecule has 5 heteroatoms. The highest BCUT2D eigenvalue weighted by Crippen LogP contribution is 2.26. The molecule has 0 spiro atoms. The molecule has 1 aromatic rings. The van der Waals surface area contributed by atoms with Gasteiger partial charge in [0.05, 0.1) is 6.04 Å². The van der Waals surface area contributed by atoms with Gasteiger partial charge in [-0.1, -0.05) is 13.0 Å². The van der Waals surface area contributed by atoms with Crippen LogP contribution in [0.2, 0.25) is 0 Å². The van der Waals surface area contributed by atoms with Gasteiger partial charge < -0.3 is 10.2 Å². The summed E-state index contributed by atoms with van der Waals surface area (Å²) in [6.07, 6.45) is 4.04. The molecule has 102 valence electrons. The molecule has 19 heavy (non-hydrogen) atoms. The summed E-state index contributed by atoms with van der Waals surface area (Å²) in [4.78, 5) is 30.1. The van der Waals surface area contributed by atoms with Crippen LogP contribution in [0.5, 0.6) is 0 Å². The Morgan fingerprint density at radius 1 is 1.47 bits per heavy atom. The van der Waals surface area contributed by atoms with E-state index in [2.05, 4.69) is 10.3 Å². The van der Waals surface area contributed by atoms with Crippen molar-refractivity contribution in [3.63, 3.8) is 0 Å². The van der Waals surface area contributed by atoms with Gasteiger partial charge in [0.25, 0.3) is 0 Å². The number of aromatic nitrogens is 1. The Balaban J connectivity index is 2.33. The maximum atomic E-state index is 12.3. The quantitative estimate of drug-likeness (QED) is 0.891.